The summed E-state index contributed by atoms with van der Waals surface area (Å²) in [5, 5.41) is 9.03. The van der Waals surface area contributed by atoms with Gasteiger partial charge in [-0.2, -0.15) is 5.26 Å². The third-order valence-corrected chi connectivity index (χ3v) is 3.19. The number of nitrogens with two attached hydrogens (primary N) is 1. The zero-order chi connectivity index (χ0) is 11.1. The predicted molar refractivity (Wildman–Crippen MR) is 61.3 cm³/mol. The number of allylic oxidation sites excluding steroid dienone is 2. The van der Waals surface area contributed by atoms with Crippen molar-refractivity contribution in [2.75, 3.05) is 0 Å². The van der Waals surface area contributed by atoms with Crippen LogP contribution in [0.2, 0.25) is 0 Å². The van der Waals surface area contributed by atoms with Crippen LogP contribution >= 0.6 is 0 Å². The second-order valence-corrected chi connectivity index (χ2v) is 4.25. The average Bonchev–Trinajstić information content (AvgIpc) is 2.67. The highest BCUT2D eigenvalue weighted by molar-refractivity contribution is 5.79. The maximum Gasteiger partial charge on any atom is 0.148 e. The zero-order valence-corrected chi connectivity index (χ0v) is 8.86. The van der Waals surface area contributed by atoms with E-state index in [4.69, 9.17) is 15.4 Å². The number of rotatable bonds is 0. The fourth-order valence-corrected chi connectivity index (χ4v) is 2.42. The first-order valence-electron chi connectivity index (χ1n) is 5.48. The van der Waals surface area contributed by atoms with Crippen LogP contribution in [-0.4, -0.2) is 6.04 Å². The van der Waals surface area contributed by atoms with E-state index in [0.29, 0.717) is 5.57 Å². The Hall–Kier alpha value is -1.79. The minimum absolute atomic E-state index is 0.0747. The van der Waals surface area contributed by atoms with Crippen molar-refractivity contribution in [3.8, 4) is 6.07 Å². The molecule has 16 heavy (non-hydrogen) atoms. The third-order valence-electron chi connectivity index (χ3n) is 3.19. The summed E-state index contributed by atoms with van der Waals surface area (Å²) in [6.45, 7) is 0. The predicted octanol–water partition coefficient (Wildman–Crippen LogP) is 2.03. The molecule has 3 rings (SSSR count). The topological polar surface area (TPSA) is 63.0 Å². The van der Waals surface area contributed by atoms with Gasteiger partial charge in [0.05, 0.1) is 5.57 Å². The fraction of sp³-hybridized carbons (Fsp3) is 0.308. The molecule has 0 spiro atoms. The van der Waals surface area contributed by atoms with E-state index >= 15 is 0 Å². The van der Waals surface area contributed by atoms with Crippen molar-refractivity contribution in [2.45, 2.75) is 25.3 Å². The lowest BCUT2D eigenvalue weighted by atomic mass is 9.90. The molecule has 1 atom stereocenters. The SMILES string of the molecule is N#CC1=CCCc2c1oc1c2CC(N)C=C1. The van der Waals surface area contributed by atoms with Crippen LogP contribution in [0.1, 0.15) is 29.1 Å². The Balaban J connectivity index is 2.17. The summed E-state index contributed by atoms with van der Waals surface area (Å²) >= 11 is 0. The van der Waals surface area contributed by atoms with Gasteiger partial charge >= 0.3 is 0 Å². The molecule has 2 aliphatic rings. The van der Waals surface area contributed by atoms with E-state index in [1.807, 2.05) is 18.2 Å². The molecule has 1 aromatic heterocycles. The molecule has 1 unspecified atom stereocenters. The lowest BCUT2D eigenvalue weighted by Crippen LogP contribution is -2.22. The van der Waals surface area contributed by atoms with Crippen molar-refractivity contribution < 1.29 is 4.42 Å². The largest absolute Gasteiger partial charge is 0.455 e. The summed E-state index contributed by atoms with van der Waals surface area (Å²) in [6, 6.07) is 2.27. The molecule has 0 saturated carbocycles. The first-order valence-corrected chi connectivity index (χ1v) is 5.48. The Morgan fingerprint density at radius 2 is 2.31 bits per heavy atom. The molecule has 80 valence electrons. The average molecular weight is 212 g/mol. The highest BCUT2D eigenvalue weighted by Gasteiger charge is 2.26. The van der Waals surface area contributed by atoms with Crippen LogP contribution in [0.4, 0.5) is 0 Å². The van der Waals surface area contributed by atoms with Gasteiger partial charge in [-0.15, -0.1) is 0 Å². The molecular weight excluding hydrogens is 200 g/mol. The van der Waals surface area contributed by atoms with Crippen molar-refractivity contribution in [1.29, 1.82) is 5.26 Å². The van der Waals surface area contributed by atoms with Gasteiger partial charge in [-0.3, -0.25) is 0 Å². The van der Waals surface area contributed by atoms with Crippen LogP contribution in [0.25, 0.3) is 11.6 Å². The lowest BCUT2D eigenvalue weighted by Gasteiger charge is -2.13. The van der Waals surface area contributed by atoms with Gasteiger partial charge < -0.3 is 10.2 Å². The third kappa shape index (κ3) is 1.24. The van der Waals surface area contributed by atoms with E-state index in [-0.39, 0.29) is 6.04 Å². The van der Waals surface area contributed by atoms with Crippen LogP contribution in [0, 0.1) is 11.3 Å². The summed E-state index contributed by atoms with van der Waals surface area (Å²) in [5.74, 6) is 1.65. The molecule has 0 aromatic carbocycles. The van der Waals surface area contributed by atoms with E-state index in [1.54, 1.807) is 0 Å². The molecule has 2 N–H and O–H groups in total. The first-order chi connectivity index (χ1) is 7.79. The van der Waals surface area contributed by atoms with Gasteiger partial charge in [0.2, 0.25) is 0 Å². The van der Waals surface area contributed by atoms with Gasteiger partial charge in [0, 0.05) is 17.2 Å². The number of hydrogen-bond acceptors (Lipinski definition) is 3. The van der Waals surface area contributed by atoms with Crippen LogP contribution in [-0.2, 0) is 12.8 Å². The van der Waals surface area contributed by atoms with Gasteiger partial charge in [-0.25, -0.2) is 0 Å². The van der Waals surface area contributed by atoms with Gasteiger partial charge in [0.25, 0.3) is 0 Å². The zero-order valence-electron chi connectivity index (χ0n) is 8.86. The number of furan rings is 1. The molecule has 0 bridgehead atoms. The summed E-state index contributed by atoms with van der Waals surface area (Å²) in [6.07, 6.45) is 8.52. The number of nitriles is 1. The second-order valence-electron chi connectivity index (χ2n) is 4.25. The molecule has 1 heterocycles. The number of fused-ring (bicyclic) bond motifs is 3. The van der Waals surface area contributed by atoms with E-state index in [0.717, 1.165) is 30.8 Å². The Kier molecular flexibility index (Phi) is 1.98. The van der Waals surface area contributed by atoms with Crippen LogP contribution in [0.15, 0.2) is 16.6 Å². The minimum Gasteiger partial charge on any atom is -0.455 e. The molecule has 1 aromatic rings. The fourth-order valence-electron chi connectivity index (χ4n) is 2.42. The van der Waals surface area contributed by atoms with Gasteiger partial charge in [-0.1, -0.05) is 12.2 Å². The van der Waals surface area contributed by atoms with E-state index in [9.17, 15) is 0 Å². The van der Waals surface area contributed by atoms with Gasteiger partial charge in [0.1, 0.15) is 17.6 Å². The molecule has 0 fully saturated rings. The summed E-state index contributed by atoms with van der Waals surface area (Å²) in [7, 11) is 0. The van der Waals surface area contributed by atoms with Gasteiger partial charge in [0.15, 0.2) is 0 Å². The summed E-state index contributed by atoms with van der Waals surface area (Å²) in [5.41, 5.74) is 8.95. The lowest BCUT2D eigenvalue weighted by molar-refractivity contribution is 0.533. The minimum atomic E-state index is 0.0747. The van der Waals surface area contributed by atoms with Crippen molar-refractivity contribution in [2.24, 2.45) is 5.73 Å². The van der Waals surface area contributed by atoms with E-state index in [1.165, 1.54) is 11.1 Å². The van der Waals surface area contributed by atoms with E-state index < -0.39 is 0 Å². The highest BCUT2D eigenvalue weighted by atomic mass is 16.3. The van der Waals surface area contributed by atoms with Crippen molar-refractivity contribution in [3.63, 3.8) is 0 Å². The van der Waals surface area contributed by atoms with Crippen LogP contribution < -0.4 is 5.73 Å². The molecule has 0 amide bonds. The monoisotopic (exact) mass is 212 g/mol. The molecule has 3 nitrogen and oxygen atoms in total. The maximum atomic E-state index is 9.03. The standard InChI is InChI=1S/C13H12N2O/c14-7-8-2-1-3-10-11-6-9(15)4-5-12(11)16-13(8)10/h2,4-5,9H,1,3,6,15H2. The summed E-state index contributed by atoms with van der Waals surface area (Å²) < 4.78 is 5.75. The molecule has 3 heteroatoms. The maximum absolute atomic E-state index is 9.03. The Labute approximate surface area is 93.9 Å². The molecule has 0 aliphatic heterocycles. The molecule has 0 radical (unpaired) electrons. The normalized spacial score (nSPS) is 22.0. The van der Waals surface area contributed by atoms with Crippen LogP contribution in [0.3, 0.4) is 0 Å². The molecule has 0 saturated heterocycles. The Morgan fingerprint density at radius 1 is 1.44 bits per heavy atom. The Bertz CT molecular complexity index is 543. The Morgan fingerprint density at radius 3 is 3.12 bits per heavy atom. The van der Waals surface area contributed by atoms with Crippen molar-refractivity contribution in [1.82, 2.24) is 0 Å². The first kappa shape index (κ1) is 9.44. The number of nitrogens with zero attached hydrogens (tertiary/aromatic N) is 1. The van der Waals surface area contributed by atoms with Crippen molar-refractivity contribution in [3.05, 3.63) is 34.8 Å². The second kappa shape index (κ2) is 3.36. The van der Waals surface area contributed by atoms with Crippen molar-refractivity contribution >= 4 is 11.6 Å². The van der Waals surface area contributed by atoms with Crippen LogP contribution in [0.5, 0.6) is 0 Å². The molecule has 2 aliphatic carbocycles. The molecular formula is C13H12N2O. The van der Waals surface area contributed by atoms with E-state index in [2.05, 4.69) is 6.07 Å². The smallest absolute Gasteiger partial charge is 0.148 e. The number of hydrogen-bond donors (Lipinski definition) is 1. The highest BCUT2D eigenvalue weighted by Crippen LogP contribution is 2.35. The summed E-state index contributed by atoms with van der Waals surface area (Å²) in [4.78, 5) is 0. The quantitative estimate of drug-likeness (QED) is 0.715. The van der Waals surface area contributed by atoms with Gasteiger partial charge in [-0.05, 0) is 25.3 Å².